The lowest BCUT2D eigenvalue weighted by Crippen LogP contribution is -2.38. The number of carbonyl (C=O) groups excluding carboxylic acids is 1. The molecular formula is C13H19N3O3. The fraction of sp³-hybridized carbons (Fsp3) is 0.462. The van der Waals surface area contributed by atoms with Crippen molar-refractivity contribution in [1.29, 1.82) is 0 Å². The Morgan fingerprint density at radius 2 is 2.16 bits per heavy atom. The van der Waals surface area contributed by atoms with Crippen LogP contribution in [0.3, 0.4) is 0 Å². The molecule has 0 radical (unpaired) electrons. The molecule has 0 atom stereocenters. The summed E-state index contributed by atoms with van der Waals surface area (Å²) in [6, 6.07) is 3.18. The number of hydrogen-bond donors (Lipinski definition) is 2. The van der Waals surface area contributed by atoms with Gasteiger partial charge in [-0.3, -0.25) is 14.6 Å². The van der Waals surface area contributed by atoms with Crippen molar-refractivity contribution >= 4 is 11.9 Å². The molecule has 0 bridgehead atoms. The molecule has 0 aliphatic heterocycles. The third-order valence-corrected chi connectivity index (χ3v) is 2.72. The third kappa shape index (κ3) is 4.33. The van der Waals surface area contributed by atoms with E-state index >= 15 is 0 Å². The van der Waals surface area contributed by atoms with Gasteiger partial charge in [-0.15, -0.1) is 0 Å². The zero-order valence-electron chi connectivity index (χ0n) is 11.2. The van der Waals surface area contributed by atoms with Gasteiger partial charge in [0.05, 0.1) is 12.1 Å². The smallest absolute Gasteiger partial charge is 0.305 e. The summed E-state index contributed by atoms with van der Waals surface area (Å²) in [5.41, 5.74) is 6.60. The first-order valence-corrected chi connectivity index (χ1v) is 6.13. The largest absolute Gasteiger partial charge is 0.481 e. The molecule has 0 spiro atoms. The molecule has 1 heterocycles. The van der Waals surface area contributed by atoms with Gasteiger partial charge in [0.25, 0.3) is 5.91 Å². The van der Waals surface area contributed by atoms with E-state index in [-0.39, 0.29) is 31.5 Å². The van der Waals surface area contributed by atoms with Crippen molar-refractivity contribution in [3.8, 4) is 0 Å². The van der Waals surface area contributed by atoms with Gasteiger partial charge < -0.3 is 15.7 Å². The normalized spacial score (nSPS) is 10.5. The van der Waals surface area contributed by atoms with Crippen LogP contribution in [-0.4, -0.2) is 39.5 Å². The Bertz CT molecular complexity index is 460. The number of pyridine rings is 1. The molecule has 0 saturated heterocycles. The van der Waals surface area contributed by atoms with Crippen molar-refractivity contribution in [1.82, 2.24) is 9.88 Å². The van der Waals surface area contributed by atoms with Gasteiger partial charge in [0.15, 0.2) is 0 Å². The fourth-order valence-corrected chi connectivity index (χ4v) is 1.70. The quantitative estimate of drug-likeness (QED) is 0.795. The predicted molar refractivity (Wildman–Crippen MR) is 70.6 cm³/mol. The predicted octanol–water partition coefficient (Wildman–Crippen LogP) is 0.866. The van der Waals surface area contributed by atoms with Crippen molar-refractivity contribution in [2.45, 2.75) is 32.9 Å². The molecule has 0 saturated carbocycles. The fourth-order valence-electron chi connectivity index (χ4n) is 1.70. The highest BCUT2D eigenvalue weighted by Gasteiger charge is 2.19. The number of rotatable bonds is 6. The molecule has 0 aromatic carbocycles. The Kier molecular flexibility index (Phi) is 5.44. The molecular weight excluding hydrogens is 246 g/mol. The SMILES string of the molecule is CC(C)N(CCC(=O)O)C(=O)c1ccnc(CN)c1. The third-order valence-electron chi connectivity index (χ3n) is 2.72. The number of carboxylic acids is 1. The maximum Gasteiger partial charge on any atom is 0.305 e. The highest BCUT2D eigenvalue weighted by molar-refractivity contribution is 5.94. The Morgan fingerprint density at radius 1 is 1.47 bits per heavy atom. The number of carbonyl (C=O) groups is 2. The van der Waals surface area contributed by atoms with Crippen molar-refractivity contribution in [2.75, 3.05) is 6.54 Å². The summed E-state index contributed by atoms with van der Waals surface area (Å²) in [7, 11) is 0. The number of aromatic nitrogens is 1. The average molecular weight is 265 g/mol. The molecule has 1 aromatic rings. The highest BCUT2D eigenvalue weighted by atomic mass is 16.4. The number of aliphatic carboxylic acids is 1. The summed E-state index contributed by atoms with van der Waals surface area (Å²) in [6.45, 7) is 4.15. The van der Waals surface area contributed by atoms with Crippen LogP contribution >= 0.6 is 0 Å². The molecule has 6 nitrogen and oxygen atoms in total. The van der Waals surface area contributed by atoms with Crippen LogP contribution in [0, 0.1) is 0 Å². The second-order valence-corrected chi connectivity index (χ2v) is 4.48. The summed E-state index contributed by atoms with van der Waals surface area (Å²) >= 11 is 0. The van der Waals surface area contributed by atoms with Crippen LogP contribution in [-0.2, 0) is 11.3 Å². The molecule has 1 rings (SSSR count). The van der Waals surface area contributed by atoms with Crippen LogP contribution in [0.4, 0.5) is 0 Å². The van der Waals surface area contributed by atoms with Crippen LogP contribution in [0.1, 0.15) is 36.3 Å². The van der Waals surface area contributed by atoms with Crippen molar-refractivity contribution in [3.63, 3.8) is 0 Å². The van der Waals surface area contributed by atoms with Gasteiger partial charge in [0, 0.05) is 30.9 Å². The summed E-state index contributed by atoms with van der Waals surface area (Å²) in [5, 5.41) is 8.71. The standard InChI is InChI=1S/C13H19N3O3/c1-9(2)16(6-4-12(17)18)13(19)10-3-5-15-11(7-10)8-14/h3,5,7,9H,4,6,8,14H2,1-2H3,(H,17,18). The monoisotopic (exact) mass is 265 g/mol. The molecule has 1 aromatic heterocycles. The molecule has 6 heteroatoms. The first kappa shape index (κ1) is 15.1. The molecule has 0 aliphatic carbocycles. The minimum absolute atomic E-state index is 0.0682. The van der Waals surface area contributed by atoms with E-state index in [1.54, 1.807) is 12.1 Å². The number of nitrogens with two attached hydrogens (primary N) is 1. The Morgan fingerprint density at radius 3 is 2.68 bits per heavy atom. The second kappa shape index (κ2) is 6.84. The molecule has 104 valence electrons. The van der Waals surface area contributed by atoms with Gasteiger partial charge >= 0.3 is 5.97 Å². The van der Waals surface area contributed by atoms with Crippen LogP contribution in [0.25, 0.3) is 0 Å². The molecule has 0 unspecified atom stereocenters. The van der Waals surface area contributed by atoms with Crippen LogP contribution in [0.15, 0.2) is 18.3 Å². The van der Waals surface area contributed by atoms with Crippen molar-refractivity contribution < 1.29 is 14.7 Å². The Balaban J connectivity index is 2.88. The van der Waals surface area contributed by atoms with Gasteiger partial charge in [-0.05, 0) is 26.0 Å². The van der Waals surface area contributed by atoms with E-state index in [2.05, 4.69) is 4.98 Å². The minimum Gasteiger partial charge on any atom is -0.481 e. The summed E-state index contributed by atoms with van der Waals surface area (Å²) in [4.78, 5) is 28.5. The van der Waals surface area contributed by atoms with E-state index in [9.17, 15) is 9.59 Å². The molecule has 0 aliphatic rings. The summed E-state index contributed by atoms with van der Waals surface area (Å²) in [5.74, 6) is -1.12. The minimum atomic E-state index is -0.921. The van der Waals surface area contributed by atoms with Gasteiger partial charge in [0.1, 0.15) is 0 Å². The molecule has 0 fully saturated rings. The second-order valence-electron chi connectivity index (χ2n) is 4.48. The zero-order chi connectivity index (χ0) is 14.4. The summed E-state index contributed by atoms with van der Waals surface area (Å²) < 4.78 is 0. The number of carboxylic acid groups (broad SMARTS) is 1. The summed E-state index contributed by atoms with van der Waals surface area (Å²) in [6.07, 6.45) is 1.46. The maximum absolute atomic E-state index is 12.3. The molecule has 1 amide bonds. The van der Waals surface area contributed by atoms with Gasteiger partial charge in [-0.1, -0.05) is 0 Å². The highest BCUT2D eigenvalue weighted by Crippen LogP contribution is 2.10. The number of amides is 1. The van der Waals surface area contributed by atoms with Gasteiger partial charge in [0.2, 0.25) is 0 Å². The lowest BCUT2D eigenvalue weighted by atomic mass is 10.1. The van der Waals surface area contributed by atoms with Crippen molar-refractivity contribution in [3.05, 3.63) is 29.6 Å². The lowest BCUT2D eigenvalue weighted by Gasteiger charge is -2.26. The number of nitrogens with zero attached hydrogens (tertiary/aromatic N) is 2. The van der Waals surface area contributed by atoms with Crippen LogP contribution in [0.2, 0.25) is 0 Å². The van der Waals surface area contributed by atoms with Gasteiger partial charge in [-0.25, -0.2) is 0 Å². The van der Waals surface area contributed by atoms with Crippen molar-refractivity contribution in [2.24, 2.45) is 5.73 Å². The Hall–Kier alpha value is -1.95. The van der Waals surface area contributed by atoms with E-state index in [1.807, 2.05) is 13.8 Å². The maximum atomic E-state index is 12.3. The first-order chi connectivity index (χ1) is 8.95. The molecule has 3 N–H and O–H groups in total. The number of hydrogen-bond acceptors (Lipinski definition) is 4. The Labute approximate surface area is 112 Å². The van der Waals surface area contributed by atoms with E-state index in [0.29, 0.717) is 11.3 Å². The van der Waals surface area contributed by atoms with Crippen LogP contribution in [0.5, 0.6) is 0 Å². The van der Waals surface area contributed by atoms with E-state index in [4.69, 9.17) is 10.8 Å². The van der Waals surface area contributed by atoms with E-state index in [1.165, 1.54) is 11.1 Å². The average Bonchev–Trinajstić information content (AvgIpc) is 2.38. The van der Waals surface area contributed by atoms with Gasteiger partial charge in [-0.2, -0.15) is 0 Å². The zero-order valence-corrected chi connectivity index (χ0v) is 11.2. The topological polar surface area (TPSA) is 96.5 Å². The van der Waals surface area contributed by atoms with Crippen LogP contribution < -0.4 is 5.73 Å². The lowest BCUT2D eigenvalue weighted by molar-refractivity contribution is -0.137. The molecule has 19 heavy (non-hydrogen) atoms. The first-order valence-electron chi connectivity index (χ1n) is 6.13. The van der Waals surface area contributed by atoms with E-state index in [0.717, 1.165) is 0 Å². The van der Waals surface area contributed by atoms with E-state index < -0.39 is 5.97 Å².